The van der Waals surface area contributed by atoms with Crippen molar-refractivity contribution in [3.63, 3.8) is 0 Å². The topological polar surface area (TPSA) is 83.0 Å². The summed E-state index contributed by atoms with van der Waals surface area (Å²) in [5.74, 6) is 0.442. The van der Waals surface area contributed by atoms with E-state index in [1.165, 1.54) is 30.6 Å². The second kappa shape index (κ2) is 10.6. The molecule has 0 saturated heterocycles. The van der Waals surface area contributed by atoms with Gasteiger partial charge < -0.3 is 15.4 Å². The van der Waals surface area contributed by atoms with Crippen LogP contribution in [0.1, 0.15) is 65.7 Å². The number of aliphatic imine (C=N–C) groups is 1. The molecule has 2 amide bonds. The Labute approximate surface area is 179 Å². The van der Waals surface area contributed by atoms with Gasteiger partial charge in [0.1, 0.15) is 0 Å². The van der Waals surface area contributed by atoms with E-state index in [-0.39, 0.29) is 11.8 Å². The van der Waals surface area contributed by atoms with Crippen molar-refractivity contribution in [3.05, 3.63) is 35.4 Å². The molecule has 2 N–H and O–H groups in total. The highest BCUT2D eigenvalue weighted by Crippen LogP contribution is 2.40. The van der Waals surface area contributed by atoms with Crippen LogP contribution in [0, 0.1) is 5.41 Å². The maximum Gasteiger partial charge on any atom is 0.261 e. The molecule has 1 aromatic carbocycles. The molecular formula is C23H34N4O3. The second-order valence-electron chi connectivity index (χ2n) is 8.32. The molecule has 7 nitrogen and oxygen atoms in total. The zero-order chi connectivity index (χ0) is 21.4. The minimum Gasteiger partial charge on any atom is -0.385 e. The smallest absolute Gasteiger partial charge is 0.261 e. The van der Waals surface area contributed by atoms with Gasteiger partial charge in [-0.05, 0) is 49.7 Å². The normalized spacial score (nSPS) is 18.1. The lowest BCUT2D eigenvalue weighted by atomic mass is 9.83. The molecule has 0 unspecified atom stereocenters. The minimum atomic E-state index is -0.182. The number of hydrogen-bond donors (Lipinski definition) is 2. The van der Waals surface area contributed by atoms with E-state index in [0.717, 1.165) is 44.9 Å². The fourth-order valence-corrected chi connectivity index (χ4v) is 4.49. The summed E-state index contributed by atoms with van der Waals surface area (Å²) < 4.78 is 5.31. The van der Waals surface area contributed by atoms with Gasteiger partial charge in [-0.2, -0.15) is 0 Å². The first-order valence-corrected chi connectivity index (χ1v) is 11.0. The molecule has 0 bridgehead atoms. The third-order valence-corrected chi connectivity index (χ3v) is 6.33. The summed E-state index contributed by atoms with van der Waals surface area (Å²) in [5.41, 5.74) is 1.33. The highest BCUT2D eigenvalue weighted by molar-refractivity contribution is 6.21. The number of ether oxygens (including phenoxy) is 1. The number of methoxy groups -OCH3 is 1. The molecule has 1 aromatic rings. The molecule has 0 atom stereocenters. The van der Waals surface area contributed by atoms with Gasteiger partial charge in [-0.1, -0.05) is 25.0 Å². The van der Waals surface area contributed by atoms with Gasteiger partial charge in [0.15, 0.2) is 5.96 Å². The van der Waals surface area contributed by atoms with Crippen molar-refractivity contribution in [3.8, 4) is 0 Å². The van der Waals surface area contributed by atoms with Crippen molar-refractivity contribution in [2.75, 3.05) is 40.4 Å². The molecule has 1 aliphatic heterocycles. The molecular weight excluding hydrogens is 380 g/mol. The Balaban J connectivity index is 1.37. The summed E-state index contributed by atoms with van der Waals surface area (Å²) in [6, 6.07) is 7.02. The molecule has 0 aromatic heterocycles. The Morgan fingerprint density at radius 3 is 2.37 bits per heavy atom. The number of carbonyl (C=O) groups excluding carboxylic acids is 2. The molecule has 7 heteroatoms. The van der Waals surface area contributed by atoms with Crippen LogP contribution in [0.4, 0.5) is 0 Å². The third kappa shape index (κ3) is 5.19. The summed E-state index contributed by atoms with van der Waals surface area (Å²) in [7, 11) is 3.54. The van der Waals surface area contributed by atoms with Gasteiger partial charge in [-0.15, -0.1) is 0 Å². The molecule has 1 saturated carbocycles. The van der Waals surface area contributed by atoms with Crippen LogP contribution in [0.2, 0.25) is 0 Å². The average molecular weight is 415 g/mol. The number of rotatable bonds is 10. The highest BCUT2D eigenvalue weighted by Gasteiger charge is 2.35. The van der Waals surface area contributed by atoms with Crippen molar-refractivity contribution in [1.82, 2.24) is 15.5 Å². The number of imide groups is 1. The van der Waals surface area contributed by atoms with E-state index in [1.54, 1.807) is 38.4 Å². The van der Waals surface area contributed by atoms with Crippen LogP contribution in [0.15, 0.2) is 29.3 Å². The lowest BCUT2D eigenvalue weighted by molar-refractivity contribution is 0.0652. The van der Waals surface area contributed by atoms with E-state index in [0.29, 0.717) is 23.1 Å². The summed E-state index contributed by atoms with van der Waals surface area (Å²) in [4.78, 5) is 30.5. The molecule has 3 rings (SSSR count). The number of carbonyl (C=O) groups is 2. The van der Waals surface area contributed by atoms with Crippen molar-refractivity contribution < 1.29 is 14.3 Å². The number of nitrogens with one attached hydrogen (secondary N) is 2. The van der Waals surface area contributed by atoms with E-state index in [1.807, 2.05) is 0 Å². The lowest BCUT2D eigenvalue weighted by Crippen LogP contribution is -2.43. The third-order valence-electron chi connectivity index (χ3n) is 6.33. The maximum atomic E-state index is 12.4. The van der Waals surface area contributed by atoms with E-state index in [2.05, 4.69) is 15.6 Å². The number of amides is 2. The number of benzene rings is 1. The number of unbranched alkanes of at least 4 members (excludes halogenated alkanes) is 1. The van der Waals surface area contributed by atoms with Crippen molar-refractivity contribution in [2.45, 2.75) is 44.9 Å². The van der Waals surface area contributed by atoms with Gasteiger partial charge in [-0.3, -0.25) is 19.5 Å². The summed E-state index contributed by atoms with van der Waals surface area (Å²) >= 11 is 0. The van der Waals surface area contributed by atoms with Gasteiger partial charge >= 0.3 is 0 Å². The van der Waals surface area contributed by atoms with E-state index >= 15 is 0 Å². The fraction of sp³-hybridized carbons (Fsp3) is 0.609. The summed E-state index contributed by atoms with van der Waals surface area (Å²) in [5, 5.41) is 6.83. The first kappa shape index (κ1) is 22.3. The predicted octanol–water partition coefficient (Wildman–Crippen LogP) is 2.82. The van der Waals surface area contributed by atoms with Crippen LogP contribution in [0.25, 0.3) is 0 Å². The Bertz CT molecular complexity index is 736. The van der Waals surface area contributed by atoms with Gasteiger partial charge in [0.25, 0.3) is 11.8 Å². The predicted molar refractivity (Wildman–Crippen MR) is 118 cm³/mol. The van der Waals surface area contributed by atoms with E-state index < -0.39 is 0 Å². The molecule has 2 aliphatic rings. The van der Waals surface area contributed by atoms with Crippen molar-refractivity contribution in [1.29, 1.82) is 0 Å². The van der Waals surface area contributed by atoms with Gasteiger partial charge in [0.2, 0.25) is 0 Å². The SMILES string of the molecule is CN=C(NCCCCN1C(=O)c2ccccc2C1=O)NCC1(CCOC)CCCC1. The molecule has 1 heterocycles. The standard InChI is InChI=1S/C23H34N4O3/c1-24-22(26-17-23(13-16-30-2)11-5-6-12-23)25-14-7-8-15-27-20(28)18-9-3-4-10-19(18)21(27)29/h3-4,9-10H,5-8,11-17H2,1-2H3,(H2,24,25,26). The highest BCUT2D eigenvalue weighted by atomic mass is 16.5. The van der Waals surface area contributed by atoms with Crippen LogP contribution in [0.5, 0.6) is 0 Å². The van der Waals surface area contributed by atoms with Crippen LogP contribution >= 0.6 is 0 Å². The lowest BCUT2D eigenvalue weighted by Gasteiger charge is -2.30. The molecule has 164 valence electrons. The maximum absolute atomic E-state index is 12.4. The van der Waals surface area contributed by atoms with Crippen molar-refractivity contribution >= 4 is 17.8 Å². The zero-order valence-corrected chi connectivity index (χ0v) is 18.2. The van der Waals surface area contributed by atoms with E-state index in [9.17, 15) is 9.59 Å². The number of nitrogens with zero attached hydrogens (tertiary/aromatic N) is 2. The Morgan fingerprint density at radius 1 is 1.10 bits per heavy atom. The van der Waals surface area contributed by atoms with Crippen LogP contribution in [-0.4, -0.2) is 63.1 Å². The Kier molecular flexibility index (Phi) is 7.85. The number of hydrogen-bond acceptors (Lipinski definition) is 4. The molecule has 1 fully saturated rings. The monoisotopic (exact) mass is 414 g/mol. The van der Waals surface area contributed by atoms with E-state index in [4.69, 9.17) is 4.74 Å². The quantitative estimate of drug-likeness (QED) is 0.266. The average Bonchev–Trinajstić information content (AvgIpc) is 3.33. The van der Waals surface area contributed by atoms with Gasteiger partial charge in [-0.25, -0.2) is 0 Å². The van der Waals surface area contributed by atoms with Crippen molar-refractivity contribution in [2.24, 2.45) is 10.4 Å². The van der Waals surface area contributed by atoms with Gasteiger partial charge in [0.05, 0.1) is 11.1 Å². The molecule has 1 aliphatic carbocycles. The first-order chi connectivity index (χ1) is 14.6. The molecule has 0 radical (unpaired) electrons. The number of guanidine groups is 1. The zero-order valence-electron chi connectivity index (χ0n) is 18.2. The number of fused-ring (bicyclic) bond motifs is 1. The summed E-state index contributed by atoms with van der Waals surface area (Å²) in [6.45, 7) is 2.89. The minimum absolute atomic E-state index is 0.182. The Morgan fingerprint density at radius 2 is 1.77 bits per heavy atom. The fourth-order valence-electron chi connectivity index (χ4n) is 4.49. The second-order valence-corrected chi connectivity index (χ2v) is 8.32. The summed E-state index contributed by atoms with van der Waals surface area (Å²) in [6.07, 6.45) is 7.73. The largest absolute Gasteiger partial charge is 0.385 e. The Hall–Kier alpha value is -2.41. The van der Waals surface area contributed by atoms with Gasteiger partial charge in [0, 0.05) is 40.4 Å². The molecule has 0 spiro atoms. The van der Waals surface area contributed by atoms with Crippen LogP contribution in [-0.2, 0) is 4.74 Å². The van der Waals surface area contributed by atoms with Crippen LogP contribution in [0.3, 0.4) is 0 Å². The first-order valence-electron chi connectivity index (χ1n) is 11.0. The van der Waals surface area contributed by atoms with Crippen LogP contribution < -0.4 is 10.6 Å². The molecule has 30 heavy (non-hydrogen) atoms.